The normalized spacial score (nSPS) is 10.8. The first-order chi connectivity index (χ1) is 13.0. The lowest BCUT2D eigenvalue weighted by Crippen LogP contribution is -2.10. The number of benzene rings is 1. The van der Waals surface area contributed by atoms with Gasteiger partial charge in [0.15, 0.2) is 0 Å². The summed E-state index contributed by atoms with van der Waals surface area (Å²) in [5.41, 5.74) is 4.33. The Morgan fingerprint density at radius 2 is 2.00 bits per heavy atom. The SMILES string of the molecule is C=C(C)C(=O)OCOc1ccc2cc(-c3cnc(CC)cc3CC)oc2c1. The number of carbonyl (C=O) groups excluding carboxylic acids is 1. The Kier molecular flexibility index (Phi) is 5.60. The Morgan fingerprint density at radius 3 is 2.70 bits per heavy atom. The number of aromatic nitrogens is 1. The largest absolute Gasteiger partial charge is 0.457 e. The molecule has 5 nitrogen and oxygen atoms in total. The second kappa shape index (κ2) is 8.08. The van der Waals surface area contributed by atoms with Crippen LogP contribution in [0, 0.1) is 0 Å². The van der Waals surface area contributed by atoms with Crippen LogP contribution in [0.15, 0.2) is 53.1 Å². The van der Waals surface area contributed by atoms with E-state index in [-0.39, 0.29) is 6.79 Å². The lowest BCUT2D eigenvalue weighted by Gasteiger charge is -2.07. The summed E-state index contributed by atoms with van der Waals surface area (Å²) in [5, 5.41) is 0.970. The van der Waals surface area contributed by atoms with Gasteiger partial charge in [0, 0.05) is 34.5 Å². The zero-order valence-corrected chi connectivity index (χ0v) is 15.9. The van der Waals surface area contributed by atoms with Gasteiger partial charge in [0.25, 0.3) is 0 Å². The van der Waals surface area contributed by atoms with Crippen molar-refractivity contribution in [2.24, 2.45) is 0 Å². The molecule has 0 bridgehead atoms. The molecule has 0 amide bonds. The van der Waals surface area contributed by atoms with Crippen molar-refractivity contribution < 1.29 is 18.7 Å². The van der Waals surface area contributed by atoms with E-state index in [1.54, 1.807) is 13.0 Å². The van der Waals surface area contributed by atoms with Crippen molar-refractivity contribution in [1.29, 1.82) is 0 Å². The second-order valence-corrected chi connectivity index (χ2v) is 6.32. The van der Waals surface area contributed by atoms with Gasteiger partial charge in [-0.1, -0.05) is 20.4 Å². The molecule has 0 saturated heterocycles. The molecule has 1 aromatic carbocycles. The van der Waals surface area contributed by atoms with E-state index in [1.807, 2.05) is 24.4 Å². The summed E-state index contributed by atoms with van der Waals surface area (Å²) >= 11 is 0. The lowest BCUT2D eigenvalue weighted by atomic mass is 10.0. The molecule has 2 aromatic heterocycles. The average molecular weight is 365 g/mol. The van der Waals surface area contributed by atoms with Crippen LogP contribution >= 0.6 is 0 Å². The highest BCUT2D eigenvalue weighted by Gasteiger charge is 2.12. The summed E-state index contributed by atoms with van der Waals surface area (Å²) in [6.07, 6.45) is 3.69. The van der Waals surface area contributed by atoms with E-state index >= 15 is 0 Å². The molecular formula is C22H23NO4. The van der Waals surface area contributed by atoms with E-state index in [0.29, 0.717) is 16.9 Å². The van der Waals surface area contributed by atoms with Gasteiger partial charge in [-0.15, -0.1) is 0 Å². The third kappa shape index (κ3) is 4.19. The van der Waals surface area contributed by atoms with Gasteiger partial charge >= 0.3 is 5.97 Å². The van der Waals surface area contributed by atoms with Crippen molar-refractivity contribution in [2.45, 2.75) is 33.6 Å². The monoisotopic (exact) mass is 365 g/mol. The second-order valence-electron chi connectivity index (χ2n) is 6.32. The predicted molar refractivity (Wildman–Crippen MR) is 105 cm³/mol. The number of hydrogen-bond acceptors (Lipinski definition) is 5. The van der Waals surface area contributed by atoms with E-state index in [2.05, 4.69) is 31.5 Å². The molecular weight excluding hydrogens is 342 g/mol. The molecule has 3 aromatic rings. The van der Waals surface area contributed by atoms with E-state index < -0.39 is 5.97 Å². The van der Waals surface area contributed by atoms with Gasteiger partial charge in [0.05, 0.1) is 0 Å². The van der Waals surface area contributed by atoms with Crippen molar-refractivity contribution in [1.82, 2.24) is 4.98 Å². The molecule has 0 atom stereocenters. The fraction of sp³-hybridized carbons (Fsp3) is 0.273. The zero-order valence-electron chi connectivity index (χ0n) is 15.9. The van der Waals surface area contributed by atoms with Crippen molar-refractivity contribution >= 4 is 16.9 Å². The van der Waals surface area contributed by atoms with Crippen molar-refractivity contribution in [3.05, 3.63) is 59.9 Å². The van der Waals surface area contributed by atoms with Crippen LogP contribution in [0.5, 0.6) is 5.75 Å². The van der Waals surface area contributed by atoms with Crippen molar-refractivity contribution in [3.63, 3.8) is 0 Å². The van der Waals surface area contributed by atoms with E-state index in [1.165, 1.54) is 5.56 Å². The number of rotatable bonds is 7. The van der Waals surface area contributed by atoms with Gasteiger partial charge in [-0.2, -0.15) is 0 Å². The van der Waals surface area contributed by atoms with Crippen LogP contribution in [0.25, 0.3) is 22.3 Å². The molecule has 0 aliphatic rings. The Labute approximate surface area is 158 Å². The number of nitrogens with zero attached hydrogens (tertiary/aromatic N) is 1. The molecule has 0 fully saturated rings. The molecule has 140 valence electrons. The van der Waals surface area contributed by atoms with Gasteiger partial charge in [-0.05, 0) is 49.6 Å². The quantitative estimate of drug-likeness (QED) is 0.332. The molecule has 0 aliphatic heterocycles. The summed E-state index contributed by atoms with van der Waals surface area (Å²) in [4.78, 5) is 15.9. The molecule has 0 aliphatic carbocycles. The fourth-order valence-electron chi connectivity index (χ4n) is 2.76. The molecule has 0 radical (unpaired) electrons. The average Bonchev–Trinajstić information content (AvgIpc) is 3.10. The van der Waals surface area contributed by atoms with Crippen LogP contribution in [-0.4, -0.2) is 17.7 Å². The Hall–Kier alpha value is -3.08. The van der Waals surface area contributed by atoms with E-state index in [4.69, 9.17) is 13.9 Å². The zero-order chi connectivity index (χ0) is 19.4. The fourth-order valence-corrected chi connectivity index (χ4v) is 2.76. The number of furan rings is 1. The highest BCUT2D eigenvalue weighted by atomic mass is 16.7. The van der Waals surface area contributed by atoms with Crippen LogP contribution in [-0.2, 0) is 22.4 Å². The molecule has 0 spiro atoms. The molecule has 27 heavy (non-hydrogen) atoms. The summed E-state index contributed by atoms with van der Waals surface area (Å²) in [5.74, 6) is 0.863. The van der Waals surface area contributed by atoms with Crippen LogP contribution in [0.4, 0.5) is 0 Å². The molecule has 3 rings (SSSR count). The topological polar surface area (TPSA) is 61.6 Å². The summed E-state index contributed by atoms with van der Waals surface area (Å²) < 4.78 is 16.4. The van der Waals surface area contributed by atoms with Gasteiger partial charge < -0.3 is 13.9 Å². The van der Waals surface area contributed by atoms with E-state index in [0.717, 1.165) is 35.2 Å². The third-order valence-corrected chi connectivity index (χ3v) is 4.31. The molecule has 2 heterocycles. The van der Waals surface area contributed by atoms with Gasteiger partial charge in [-0.3, -0.25) is 4.98 Å². The minimum Gasteiger partial charge on any atom is -0.457 e. The van der Waals surface area contributed by atoms with Gasteiger partial charge in [0.1, 0.15) is 17.1 Å². The number of ether oxygens (including phenoxy) is 2. The lowest BCUT2D eigenvalue weighted by molar-refractivity contribution is -0.145. The summed E-state index contributed by atoms with van der Waals surface area (Å²) in [6.45, 7) is 9.16. The Bertz CT molecular complexity index is 987. The summed E-state index contributed by atoms with van der Waals surface area (Å²) in [7, 11) is 0. The molecule has 0 N–H and O–H groups in total. The number of hydrogen-bond donors (Lipinski definition) is 0. The molecule has 0 unspecified atom stereocenters. The number of esters is 1. The maximum atomic E-state index is 11.4. The van der Waals surface area contributed by atoms with Crippen molar-refractivity contribution in [2.75, 3.05) is 6.79 Å². The van der Waals surface area contributed by atoms with Crippen LogP contribution in [0.1, 0.15) is 32.0 Å². The third-order valence-electron chi connectivity index (χ3n) is 4.31. The van der Waals surface area contributed by atoms with Crippen LogP contribution < -0.4 is 4.74 Å². The maximum Gasteiger partial charge on any atom is 0.335 e. The number of pyridine rings is 1. The first-order valence-corrected chi connectivity index (χ1v) is 8.99. The Morgan fingerprint density at radius 1 is 1.19 bits per heavy atom. The maximum absolute atomic E-state index is 11.4. The molecule has 0 saturated carbocycles. The van der Waals surface area contributed by atoms with E-state index in [9.17, 15) is 4.79 Å². The number of aryl methyl sites for hydroxylation is 2. The highest BCUT2D eigenvalue weighted by Crippen LogP contribution is 2.32. The number of carbonyl (C=O) groups is 1. The Balaban J connectivity index is 1.82. The highest BCUT2D eigenvalue weighted by molar-refractivity contribution is 5.87. The van der Waals surface area contributed by atoms with Gasteiger partial charge in [-0.25, -0.2) is 4.79 Å². The molecule has 5 heteroatoms. The standard InChI is InChI=1S/C22H23NO4/c1-5-15-9-17(6-2)23-12-19(15)21-10-16-7-8-18(11-20(16)27-21)25-13-26-22(24)14(3)4/h7-12H,3,5-6,13H2,1-2,4H3. The minimum absolute atomic E-state index is 0.173. The summed E-state index contributed by atoms with van der Waals surface area (Å²) in [6, 6.07) is 9.65. The van der Waals surface area contributed by atoms with Crippen LogP contribution in [0.2, 0.25) is 0 Å². The van der Waals surface area contributed by atoms with Gasteiger partial charge in [0.2, 0.25) is 6.79 Å². The smallest absolute Gasteiger partial charge is 0.335 e. The first-order valence-electron chi connectivity index (χ1n) is 8.99. The van der Waals surface area contributed by atoms with Crippen molar-refractivity contribution in [3.8, 4) is 17.1 Å². The predicted octanol–water partition coefficient (Wildman–Crippen LogP) is 5.08. The minimum atomic E-state index is -0.480. The first kappa shape index (κ1) is 18.7. The van der Waals surface area contributed by atoms with Crippen LogP contribution in [0.3, 0.4) is 0 Å². The number of fused-ring (bicyclic) bond motifs is 1.